The number of anilines is 1. The van der Waals surface area contributed by atoms with Crippen LogP contribution in [-0.2, 0) is 0 Å². The van der Waals surface area contributed by atoms with Crippen LogP contribution in [0.25, 0.3) is 0 Å². The molecule has 1 aliphatic carbocycles. The second kappa shape index (κ2) is 14.1. The predicted molar refractivity (Wildman–Crippen MR) is 169 cm³/mol. The summed E-state index contributed by atoms with van der Waals surface area (Å²) in [4.78, 5) is 33.3. The Hall–Kier alpha value is -2.81. The average Bonchev–Trinajstić information content (AvgIpc) is 3.54. The van der Waals surface area contributed by atoms with Crippen molar-refractivity contribution in [2.45, 2.75) is 57.5 Å². The van der Waals surface area contributed by atoms with Gasteiger partial charge < -0.3 is 30.1 Å². The third-order valence-electron chi connectivity index (χ3n) is 9.26. The highest BCUT2D eigenvalue weighted by Crippen LogP contribution is 2.39. The minimum atomic E-state index is 0. The van der Waals surface area contributed by atoms with Gasteiger partial charge in [0.2, 0.25) is 0 Å². The third-order valence-corrected chi connectivity index (χ3v) is 9.26. The molecule has 2 N–H and O–H groups in total. The molecule has 3 aliphatic heterocycles. The summed E-state index contributed by atoms with van der Waals surface area (Å²) < 4.78 is 6.44. The van der Waals surface area contributed by atoms with Crippen LogP contribution in [0.15, 0.2) is 36.4 Å². The lowest BCUT2D eigenvalue weighted by molar-refractivity contribution is 0.0535. The molecule has 1 saturated carbocycles. The third kappa shape index (κ3) is 7.04. The number of ether oxygens (including phenoxy) is 1. The Morgan fingerprint density at radius 2 is 1.45 bits per heavy atom. The molecule has 0 spiro atoms. The zero-order valence-corrected chi connectivity index (χ0v) is 25.7. The molecule has 8 nitrogen and oxygen atoms in total. The summed E-state index contributed by atoms with van der Waals surface area (Å²) in [6.45, 7) is 9.95. The second-order valence-electron chi connectivity index (χ2n) is 12.2. The first kappa shape index (κ1) is 30.6. The zero-order valence-electron chi connectivity index (χ0n) is 24.9. The molecule has 0 bridgehead atoms. The van der Waals surface area contributed by atoms with Crippen molar-refractivity contribution in [2.24, 2.45) is 0 Å². The van der Waals surface area contributed by atoms with Crippen LogP contribution in [0.2, 0.25) is 0 Å². The van der Waals surface area contributed by atoms with E-state index >= 15 is 0 Å². The number of halogens is 1. The van der Waals surface area contributed by atoms with Crippen molar-refractivity contribution in [3.05, 3.63) is 58.7 Å². The topological polar surface area (TPSA) is 77.2 Å². The number of amides is 2. The Morgan fingerprint density at radius 1 is 0.762 bits per heavy atom. The van der Waals surface area contributed by atoms with Crippen molar-refractivity contribution in [1.82, 2.24) is 20.4 Å². The summed E-state index contributed by atoms with van der Waals surface area (Å²) in [6.07, 6.45) is 7.31. The van der Waals surface area contributed by atoms with E-state index in [4.69, 9.17) is 4.74 Å². The SMILES string of the molecule is Cc1cc(C(=O)N2CCN(C(=O)c3ccc(O[C@H]4CCNC4)c(C4CCCCC4)c3)CC2)cc(N2CCNCC2)c1.Cl. The van der Waals surface area contributed by atoms with Gasteiger partial charge in [-0.3, -0.25) is 9.59 Å². The number of carbonyl (C=O) groups is 2. The molecular formula is C33H46ClN5O3. The first-order valence-corrected chi connectivity index (χ1v) is 15.7. The van der Waals surface area contributed by atoms with E-state index in [0.717, 1.165) is 86.7 Å². The molecule has 2 amide bonds. The highest BCUT2D eigenvalue weighted by molar-refractivity contribution is 5.97. The summed E-state index contributed by atoms with van der Waals surface area (Å²) in [5.74, 6) is 1.52. The molecule has 0 radical (unpaired) electrons. The summed E-state index contributed by atoms with van der Waals surface area (Å²) in [7, 11) is 0. The van der Waals surface area contributed by atoms with Gasteiger partial charge in [0.15, 0.2) is 0 Å². The van der Waals surface area contributed by atoms with Crippen LogP contribution in [0.1, 0.15) is 76.3 Å². The van der Waals surface area contributed by atoms with Crippen molar-refractivity contribution < 1.29 is 14.3 Å². The number of hydrogen-bond acceptors (Lipinski definition) is 6. The van der Waals surface area contributed by atoms with Crippen LogP contribution in [0.5, 0.6) is 5.75 Å². The quantitative estimate of drug-likeness (QED) is 0.521. The van der Waals surface area contributed by atoms with Gasteiger partial charge in [-0.15, -0.1) is 12.4 Å². The van der Waals surface area contributed by atoms with E-state index in [2.05, 4.69) is 34.6 Å². The number of piperazine rings is 2. The Labute approximate surface area is 256 Å². The summed E-state index contributed by atoms with van der Waals surface area (Å²) in [5.41, 5.74) is 4.90. The molecule has 3 heterocycles. The van der Waals surface area contributed by atoms with Gasteiger partial charge in [0.25, 0.3) is 11.8 Å². The molecular weight excluding hydrogens is 550 g/mol. The standard InChI is InChI=1S/C33H45N5O3.ClH/c1-24-19-27(21-28(20-24)36-13-11-34-12-14-36)33(40)38-17-15-37(16-18-38)32(39)26-7-8-31(41-29-9-10-35-23-29)30(22-26)25-5-3-2-4-6-25;/h7-8,19-22,25,29,34-35H,2-6,9-18,23H2,1H3;1H/t29-;/m0./s1. The minimum absolute atomic E-state index is 0. The molecule has 4 fully saturated rings. The normalized spacial score (nSPS) is 21.6. The molecule has 6 rings (SSSR count). The van der Waals surface area contributed by atoms with Gasteiger partial charge in [-0.2, -0.15) is 0 Å². The van der Waals surface area contributed by atoms with Crippen LogP contribution in [-0.4, -0.2) is 93.2 Å². The summed E-state index contributed by atoms with van der Waals surface area (Å²) in [5, 5.41) is 6.78. The van der Waals surface area contributed by atoms with Crippen LogP contribution in [0.3, 0.4) is 0 Å². The van der Waals surface area contributed by atoms with Gasteiger partial charge in [-0.05, 0) is 86.2 Å². The summed E-state index contributed by atoms with van der Waals surface area (Å²) >= 11 is 0. The molecule has 0 aromatic heterocycles. The maximum absolute atomic E-state index is 13.7. The number of nitrogens with one attached hydrogen (secondary N) is 2. The fraction of sp³-hybridized carbons (Fsp3) is 0.576. The first-order valence-electron chi connectivity index (χ1n) is 15.7. The van der Waals surface area contributed by atoms with Crippen LogP contribution in [0, 0.1) is 6.92 Å². The van der Waals surface area contributed by atoms with Gasteiger partial charge in [0.05, 0.1) is 0 Å². The largest absolute Gasteiger partial charge is 0.489 e. The zero-order chi connectivity index (χ0) is 28.2. The lowest BCUT2D eigenvalue weighted by Gasteiger charge is -2.35. The number of benzene rings is 2. The number of rotatable bonds is 6. The lowest BCUT2D eigenvalue weighted by atomic mass is 9.83. The van der Waals surface area contributed by atoms with Crippen molar-refractivity contribution in [1.29, 1.82) is 0 Å². The van der Waals surface area contributed by atoms with Crippen LogP contribution in [0.4, 0.5) is 5.69 Å². The second-order valence-corrected chi connectivity index (χ2v) is 12.2. The molecule has 2 aromatic carbocycles. The Morgan fingerprint density at radius 3 is 2.12 bits per heavy atom. The van der Waals surface area contributed by atoms with Gasteiger partial charge in [-0.1, -0.05) is 19.3 Å². The highest BCUT2D eigenvalue weighted by Gasteiger charge is 2.28. The fourth-order valence-corrected chi connectivity index (χ4v) is 6.90. The van der Waals surface area contributed by atoms with Crippen molar-refractivity contribution in [3.8, 4) is 5.75 Å². The van der Waals surface area contributed by atoms with E-state index in [0.29, 0.717) is 32.1 Å². The Bertz CT molecular complexity index is 1230. The first-order chi connectivity index (χ1) is 20.0. The van der Waals surface area contributed by atoms with E-state index < -0.39 is 0 Å². The molecule has 3 saturated heterocycles. The van der Waals surface area contributed by atoms with E-state index in [1.54, 1.807) is 0 Å². The van der Waals surface area contributed by atoms with Gasteiger partial charge in [0, 0.05) is 75.7 Å². The monoisotopic (exact) mass is 595 g/mol. The van der Waals surface area contributed by atoms with E-state index in [1.165, 1.54) is 24.8 Å². The minimum Gasteiger partial charge on any atom is -0.489 e. The smallest absolute Gasteiger partial charge is 0.254 e. The van der Waals surface area contributed by atoms with Gasteiger partial charge in [-0.25, -0.2) is 0 Å². The molecule has 228 valence electrons. The number of nitrogens with zero attached hydrogens (tertiary/aromatic N) is 3. The van der Waals surface area contributed by atoms with E-state index in [-0.39, 0.29) is 30.3 Å². The van der Waals surface area contributed by atoms with Gasteiger partial charge in [0.1, 0.15) is 11.9 Å². The fourth-order valence-electron chi connectivity index (χ4n) is 6.90. The van der Waals surface area contributed by atoms with Crippen LogP contribution >= 0.6 is 12.4 Å². The maximum Gasteiger partial charge on any atom is 0.254 e. The van der Waals surface area contributed by atoms with E-state index in [1.807, 2.05) is 34.1 Å². The average molecular weight is 596 g/mol. The Balaban J connectivity index is 0.00000353. The predicted octanol–water partition coefficient (Wildman–Crippen LogP) is 4.21. The molecule has 1 atom stereocenters. The van der Waals surface area contributed by atoms with E-state index in [9.17, 15) is 9.59 Å². The number of aryl methyl sites for hydroxylation is 1. The molecule has 9 heteroatoms. The van der Waals surface area contributed by atoms with Crippen molar-refractivity contribution in [2.75, 3.05) is 70.3 Å². The highest BCUT2D eigenvalue weighted by atomic mass is 35.5. The molecule has 42 heavy (non-hydrogen) atoms. The lowest BCUT2D eigenvalue weighted by Crippen LogP contribution is -2.50. The van der Waals surface area contributed by atoms with Gasteiger partial charge >= 0.3 is 0 Å². The summed E-state index contributed by atoms with van der Waals surface area (Å²) in [6, 6.07) is 12.3. The Kier molecular flexibility index (Phi) is 10.3. The molecule has 4 aliphatic rings. The maximum atomic E-state index is 13.7. The van der Waals surface area contributed by atoms with Crippen molar-refractivity contribution >= 4 is 29.9 Å². The molecule has 0 unspecified atom stereocenters. The molecule has 2 aromatic rings. The van der Waals surface area contributed by atoms with Crippen molar-refractivity contribution in [3.63, 3.8) is 0 Å². The number of carbonyl (C=O) groups excluding carboxylic acids is 2. The number of hydrogen-bond donors (Lipinski definition) is 2. The van der Waals surface area contributed by atoms with Crippen LogP contribution < -0.4 is 20.3 Å².